The van der Waals surface area contributed by atoms with Crippen molar-refractivity contribution in [2.24, 2.45) is 0 Å². The van der Waals surface area contributed by atoms with E-state index in [1.165, 1.54) is 0 Å². The van der Waals surface area contributed by atoms with E-state index in [9.17, 15) is 13.2 Å². The van der Waals surface area contributed by atoms with Crippen LogP contribution in [-0.2, 0) is 10.0 Å². The van der Waals surface area contributed by atoms with Crippen LogP contribution in [0.2, 0.25) is 5.02 Å². The minimum absolute atomic E-state index is 0.0570. The second kappa shape index (κ2) is 8.67. The van der Waals surface area contributed by atoms with Crippen LogP contribution in [0.25, 0.3) is 0 Å². The van der Waals surface area contributed by atoms with Gasteiger partial charge in [0.05, 0.1) is 0 Å². The molecule has 4 rings (SSSR count). The molecule has 1 amide bonds. The fraction of sp³-hybridized carbons (Fsp3) is 0.190. The first kappa shape index (κ1) is 20.7. The summed E-state index contributed by atoms with van der Waals surface area (Å²) in [4.78, 5) is 16.9. The predicted molar refractivity (Wildman–Crippen MR) is 121 cm³/mol. The van der Waals surface area contributed by atoms with Crippen LogP contribution < -0.4 is 9.62 Å². The first-order valence-corrected chi connectivity index (χ1v) is 12.1. The van der Waals surface area contributed by atoms with Gasteiger partial charge in [-0.15, -0.1) is 11.3 Å². The number of carbonyl (C=O) groups is 1. The van der Waals surface area contributed by atoms with Gasteiger partial charge >= 0.3 is 0 Å². The van der Waals surface area contributed by atoms with Gasteiger partial charge < -0.3 is 9.80 Å². The number of halogens is 1. The summed E-state index contributed by atoms with van der Waals surface area (Å²) in [6, 6.07) is 17.5. The number of hydrogen-bond acceptors (Lipinski definition) is 5. The molecule has 1 aliphatic rings. The van der Waals surface area contributed by atoms with E-state index in [-0.39, 0.29) is 10.1 Å². The van der Waals surface area contributed by atoms with Crippen LogP contribution in [0, 0.1) is 0 Å². The predicted octanol–water partition coefficient (Wildman–Crippen LogP) is 4.16. The zero-order chi connectivity index (χ0) is 21.1. The standard InChI is InChI=1S/C21H20ClN3O3S2/c22-17-5-9-19(10-6-17)24-11-13-25(14-12-24)21(26)16-3-7-18(8-4-16)23-30(27,28)20-2-1-15-29-20/h1-10,15,23H,11-14H2. The van der Waals surface area contributed by atoms with Crippen LogP contribution in [0.3, 0.4) is 0 Å². The van der Waals surface area contributed by atoms with Gasteiger partial charge in [-0.05, 0) is 60.0 Å². The van der Waals surface area contributed by atoms with Crippen molar-refractivity contribution in [3.8, 4) is 0 Å². The Morgan fingerprint density at radius 3 is 2.20 bits per heavy atom. The van der Waals surface area contributed by atoms with E-state index < -0.39 is 10.0 Å². The average Bonchev–Trinajstić information content (AvgIpc) is 3.30. The maximum Gasteiger partial charge on any atom is 0.271 e. The molecule has 1 saturated heterocycles. The molecule has 1 aromatic heterocycles. The Hall–Kier alpha value is -2.55. The fourth-order valence-electron chi connectivity index (χ4n) is 3.30. The Morgan fingerprint density at radius 1 is 0.933 bits per heavy atom. The van der Waals surface area contributed by atoms with Crippen molar-refractivity contribution in [2.75, 3.05) is 35.8 Å². The maximum atomic E-state index is 12.8. The van der Waals surface area contributed by atoms with E-state index in [0.717, 1.165) is 30.1 Å². The highest BCUT2D eigenvalue weighted by Gasteiger charge is 2.22. The average molecular weight is 462 g/mol. The van der Waals surface area contributed by atoms with Crippen molar-refractivity contribution >= 4 is 50.2 Å². The Balaban J connectivity index is 1.37. The van der Waals surface area contributed by atoms with Gasteiger partial charge in [0.1, 0.15) is 4.21 Å². The van der Waals surface area contributed by atoms with Crippen LogP contribution in [-0.4, -0.2) is 45.4 Å². The minimum atomic E-state index is -3.60. The molecule has 0 aliphatic carbocycles. The number of nitrogens with one attached hydrogen (secondary N) is 1. The molecular weight excluding hydrogens is 442 g/mol. The Labute approximate surface area is 184 Å². The second-order valence-electron chi connectivity index (χ2n) is 6.87. The van der Waals surface area contributed by atoms with Gasteiger partial charge in [0.15, 0.2) is 0 Å². The third kappa shape index (κ3) is 4.61. The molecule has 1 N–H and O–H groups in total. The number of anilines is 2. The number of rotatable bonds is 5. The third-order valence-electron chi connectivity index (χ3n) is 4.90. The van der Waals surface area contributed by atoms with Crippen molar-refractivity contribution in [3.63, 3.8) is 0 Å². The summed E-state index contributed by atoms with van der Waals surface area (Å²) in [6.45, 7) is 2.72. The zero-order valence-electron chi connectivity index (χ0n) is 16.0. The minimum Gasteiger partial charge on any atom is -0.368 e. The lowest BCUT2D eigenvalue weighted by Gasteiger charge is -2.36. The molecule has 30 heavy (non-hydrogen) atoms. The summed E-state index contributed by atoms with van der Waals surface area (Å²) in [5.41, 5.74) is 2.05. The molecule has 0 spiro atoms. The van der Waals surface area contributed by atoms with Gasteiger partial charge in [-0.3, -0.25) is 9.52 Å². The molecule has 3 aromatic rings. The molecule has 0 atom stereocenters. The smallest absolute Gasteiger partial charge is 0.271 e. The topological polar surface area (TPSA) is 69.7 Å². The lowest BCUT2D eigenvalue weighted by Crippen LogP contribution is -2.48. The number of hydrogen-bond donors (Lipinski definition) is 1. The zero-order valence-corrected chi connectivity index (χ0v) is 18.4. The maximum absolute atomic E-state index is 12.8. The van der Waals surface area contributed by atoms with Crippen LogP contribution in [0.4, 0.5) is 11.4 Å². The summed E-state index contributed by atoms with van der Waals surface area (Å²) >= 11 is 7.10. The first-order valence-electron chi connectivity index (χ1n) is 9.38. The molecule has 9 heteroatoms. The molecule has 2 aromatic carbocycles. The Kier molecular flexibility index (Phi) is 5.99. The highest BCUT2D eigenvalue weighted by atomic mass is 35.5. The van der Waals surface area contributed by atoms with Crippen molar-refractivity contribution in [3.05, 3.63) is 76.6 Å². The van der Waals surface area contributed by atoms with Gasteiger partial charge in [-0.25, -0.2) is 8.42 Å². The number of piperazine rings is 1. The van der Waals surface area contributed by atoms with E-state index >= 15 is 0 Å². The summed E-state index contributed by atoms with van der Waals surface area (Å²) in [7, 11) is -3.60. The van der Waals surface area contributed by atoms with Gasteiger partial charge in [0.2, 0.25) is 0 Å². The number of nitrogens with zero attached hydrogens (tertiary/aromatic N) is 2. The third-order valence-corrected chi connectivity index (χ3v) is 7.93. The van der Waals surface area contributed by atoms with E-state index in [1.54, 1.807) is 41.8 Å². The molecule has 0 radical (unpaired) electrons. The van der Waals surface area contributed by atoms with E-state index in [1.807, 2.05) is 29.2 Å². The van der Waals surface area contributed by atoms with Gasteiger partial charge in [0.25, 0.3) is 15.9 Å². The number of benzene rings is 2. The monoisotopic (exact) mass is 461 g/mol. The van der Waals surface area contributed by atoms with Crippen molar-refractivity contribution in [2.45, 2.75) is 4.21 Å². The lowest BCUT2D eigenvalue weighted by molar-refractivity contribution is 0.0747. The number of thiophene rings is 1. The van der Waals surface area contributed by atoms with E-state index in [4.69, 9.17) is 11.6 Å². The Morgan fingerprint density at radius 2 is 1.60 bits per heavy atom. The van der Waals surface area contributed by atoms with Crippen molar-refractivity contribution in [1.29, 1.82) is 0 Å². The number of carbonyl (C=O) groups excluding carboxylic acids is 1. The highest BCUT2D eigenvalue weighted by molar-refractivity contribution is 7.94. The molecule has 1 fully saturated rings. The molecule has 0 unspecified atom stereocenters. The number of amides is 1. The fourth-order valence-corrected chi connectivity index (χ4v) is 5.48. The summed E-state index contributed by atoms with van der Waals surface area (Å²) in [5, 5.41) is 2.41. The molecule has 156 valence electrons. The number of sulfonamides is 1. The quantitative estimate of drug-likeness (QED) is 0.619. The van der Waals surface area contributed by atoms with Crippen molar-refractivity contribution < 1.29 is 13.2 Å². The molecule has 0 bridgehead atoms. The molecule has 6 nitrogen and oxygen atoms in total. The second-order valence-corrected chi connectivity index (χ2v) is 10.2. The molecular formula is C21H20ClN3O3S2. The molecule has 0 saturated carbocycles. The Bertz CT molecular complexity index is 1110. The van der Waals surface area contributed by atoms with Gasteiger partial charge in [-0.1, -0.05) is 17.7 Å². The summed E-state index contributed by atoms with van der Waals surface area (Å²) in [5.74, 6) is -0.0570. The first-order chi connectivity index (χ1) is 14.4. The van der Waals surface area contributed by atoms with Gasteiger partial charge in [-0.2, -0.15) is 0 Å². The largest absolute Gasteiger partial charge is 0.368 e. The normalized spacial score (nSPS) is 14.6. The van der Waals surface area contributed by atoms with E-state index in [0.29, 0.717) is 29.4 Å². The van der Waals surface area contributed by atoms with E-state index in [2.05, 4.69) is 9.62 Å². The molecule has 1 aliphatic heterocycles. The summed E-state index contributed by atoms with van der Waals surface area (Å²) in [6.07, 6.45) is 0. The SMILES string of the molecule is O=C(c1ccc(NS(=O)(=O)c2cccs2)cc1)N1CCN(c2ccc(Cl)cc2)CC1. The van der Waals surface area contributed by atoms with Crippen LogP contribution in [0.1, 0.15) is 10.4 Å². The van der Waals surface area contributed by atoms with Crippen LogP contribution >= 0.6 is 22.9 Å². The van der Waals surface area contributed by atoms with Gasteiger partial charge in [0, 0.05) is 48.1 Å². The summed E-state index contributed by atoms with van der Waals surface area (Å²) < 4.78 is 27.4. The molecule has 2 heterocycles. The van der Waals surface area contributed by atoms with Crippen molar-refractivity contribution in [1.82, 2.24) is 4.90 Å². The van der Waals surface area contributed by atoms with Crippen LogP contribution in [0.5, 0.6) is 0 Å². The van der Waals surface area contributed by atoms with Crippen LogP contribution in [0.15, 0.2) is 70.3 Å². The lowest BCUT2D eigenvalue weighted by atomic mass is 10.1. The highest BCUT2D eigenvalue weighted by Crippen LogP contribution is 2.22.